The Morgan fingerprint density at radius 2 is 1.67 bits per heavy atom. The normalized spacial score (nSPS) is 16.2. The minimum atomic E-state index is -1.85. The number of hydrogen-bond acceptors (Lipinski definition) is 6. The summed E-state index contributed by atoms with van der Waals surface area (Å²) in [7, 11) is -1.49. The monoisotopic (exact) mass is 562 g/mol. The number of hydrogen-bond donors (Lipinski definition) is 1. The lowest BCUT2D eigenvalue weighted by molar-refractivity contribution is -0.217. The topological polar surface area (TPSA) is 94.2 Å². The molecule has 1 saturated carbocycles. The third-order valence-corrected chi connectivity index (χ3v) is 8.61. The van der Waals surface area contributed by atoms with Crippen molar-refractivity contribution < 1.29 is 28.6 Å². The molecule has 0 aliphatic heterocycles. The number of hydrazine groups is 1. The van der Waals surface area contributed by atoms with Crippen LogP contribution in [0.2, 0.25) is 25.7 Å². The number of carbonyl (C=O) groups is 3. The van der Waals surface area contributed by atoms with Crippen molar-refractivity contribution >= 4 is 26.0 Å². The minimum Gasteiger partial charge on any atom is -0.462 e. The van der Waals surface area contributed by atoms with Gasteiger partial charge in [-0.25, -0.2) is 20.0 Å². The third-order valence-electron chi connectivity index (χ3n) is 6.91. The lowest BCUT2D eigenvalue weighted by Gasteiger charge is -2.40. The van der Waals surface area contributed by atoms with Crippen molar-refractivity contribution in [2.75, 3.05) is 6.61 Å². The highest BCUT2D eigenvalue weighted by Gasteiger charge is 2.50. The molecule has 1 aromatic carbocycles. The Morgan fingerprint density at radius 3 is 2.23 bits per heavy atom. The molecular formula is C30H50N2O6Si. The Kier molecular flexibility index (Phi) is 12.5. The van der Waals surface area contributed by atoms with Gasteiger partial charge in [0.15, 0.2) is 0 Å². The number of carbonyl (C=O) groups excluding carboxylic acids is 3. The van der Waals surface area contributed by atoms with E-state index in [0.29, 0.717) is 12.3 Å². The van der Waals surface area contributed by atoms with E-state index in [2.05, 4.69) is 25.1 Å². The van der Waals surface area contributed by atoms with Crippen molar-refractivity contribution in [1.29, 1.82) is 0 Å². The molecule has 9 heteroatoms. The second-order valence-corrected chi connectivity index (χ2v) is 18.4. The molecular weight excluding hydrogens is 512 g/mol. The molecule has 0 saturated heterocycles. The molecule has 1 aromatic rings. The van der Waals surface area contributed by atoms with Crippen molar-refractivity contribution in [3.8, 4) is 0 Å². The zero-order chi connectivity index (χ0) is 29.1. The van der Waals surface area contributed by atoms with Gasteiger partial charge in [0, 0.05) is 20.9 Å². The highest BCUT2D eigenvalue weighted by Crippen LogP contribution is 2.30. The first-order valence-electron chi connectivity index (χ1n) is 14.4. The van der Waals surface area contributed by atoms with Gasteiger partial charge in [-0.15, -0.1) is 0 Å². The van der Waals surface area contributed by atoms with E-state index in [1.165, 1.54) is 19.3 Å². The highest BCUT2D eigenvalue weighted by molar-refractivity contribution is 6.76. The molecule has 220 valence electrons. The van der Waals surface area contributed by atoms with E-state index in [-0.39, 0.29) is 26.1 Å². The van der Waals surface area contributed by atoms with Crippen LogP contribution in [-0.4, -0.2) is 49.0 Å². The Morgan fingerprint density at radius 1 is 1.03 bits per heavy atom. The van der Waals surface area contributed by atoms with Crippen LogP contribution in [0.15, 0.2) is 30.3 Å². The zero-order valence-electron chi connectivity index (χ0n) is 25.1. The van der Waals surface area contributed by atoms with Gasteiger partial charge in [0.1, 0.15) is 5.60 Å². The zero-order valence-corrected chi connectivity index (χ0v) is 26.1. The molecule has 0 bridgehead atoms. The van der Waals surface area contributed by atoms with E-state index in [1.807, 2.05) is 30.3 Å². The van der Waals surface area contributed by atoms with Crippen LogP contribution in [0.4, 0.5) is 4.79 Å². The number of rotatable bonds is 12. The van der Waals surface area contributed by atoms with Crippen molar-refractivity contribution in [2.45, 2.75) is 123 Å². The van der Waals surface area contributed by atoms with Crippen LogP contribution in [0.5, 0.6) is 0 Å². The Labute approximate surface area is 236 Å². The molecule has 1 atom stereocenters. The summed E-state index contributed by atoms with van der Waals surface area (Å²) in [6, 6.07) is 10.2. The second kappa shape index (κ2) is 14.8. The third kappa shape index (κ3) is 11.3. The fourth-order valence-electron chi connectivity index (χ4n) is 4.62. The first-order chi connectivity index (χ1) is 18.3. The molecule has 1 fully saturated rings. The molecule has 0 spiro atoms. The second-order valence-electron chi connectivity index (χ2n) is 12.7. The predicted molar refractivity (Wildman–Crippen MR) is 155 cm³/mol. The Balaban J connectivity index is 2.39. The minimum absolute atomic E-state index is 0.0558. The first kappa shape index (κ1) is 32.8. The van der Waals surface area contributed by atoms with Crippen LogP contribution in [0, 0.1) is 5.92 Å². The van der Waals surface area contributed by atoms with Gasteiger partial charge in [-0.1, -0.05) is 89.0 Å². The summed E-state index contributed by atoms with van der Waals surface area (Å²) in [6.45, 7) is 13.9. The number of amides is 2. The maximum Gasteiger partial charge on any atom is 0.426 e. The van der Waals surface area contributed by atoms with Crippen LogP contribution >= 0.6 is 0 Å². The average molecular weight is 563 g/mol. The first-order valence-corrected chi connectivity index (χ1v) is 18.1. The van der Waals surface area contributed by atoms with Crippen LogP contribution in [-0.2, 0) is 30.4 Å². The van der Waals surface area contributed by atoms with E-state index in [9.17, 15) is 14.4 Å². The number of nitrogens with zero attached hydrogens (tertiary/aromatic N) is 1. The van der Waals surface area contributed by atoms with Gasteiger partial charge in [-0.05, 0) is 44.7 Å². The van der Waals surface area contributed by atoms with E-state index in [0.717, 1.165) is 29.5 Å². The summed E-state index contributed by atoms with van der Waals surface area (Å²) in [6.07, 6.45) is 5.87. The number of benzene rings is 1. The van der Waals surface area contributed by atoms with Crippen LogP contribution < -0.4 is 5.43 Å². The molecule has 1 N–H and O–H groups in total. The maximum atomic E-state index is 13.8. The fourth-order valence-corrected chi connectivity index (χ4v) is 5.33. The average Bonchev–Trinajstić information content (AvgIpc) is 2.86. The predicted octanol–water partition coefficient (Wildman–Crippen LogP) is 6.82. The molecule has 1 aliphatic rings. The lowest BCUT2D eigenvalue weighted by Crippen LogP contribution is -2.65. The summed E-state index contributed by atoms with van der Waals surface area (Å²) in [5.74, 6) is -0.638. The fraction of sp³-hybridized carbons (Fsp3) is 0.700. The molecule has 2 amide bonds. The maximum absolute atomic E-state index is 13.8. The van der Waals surface area contributed by atoms with E-state index in [1.54, 1.807) is 27.7 Å². The molecule has 2 rings (SSSR count). The molecule has 8 nitrogen and oxygen atoms in total. The van der Waals surface area contributed by atoms with E-state index >= 15 is 0 Å². The lowest BCUT2D eigenvalue weighted by atomic mass is 9.86. The van der Waals surface area contributed by atoms with Gasteiger partial charge in [0.05, 0.1) is 13.2 Å². The number of nitrogens with one attached hydrogen (secondary N) is 1. The van der Waals surface area contributed by atoms with Crippen LogP contribution in [0.25, 0.3) is 0 Å². The molecule has 0 unspecified atom stereocenters. The number of esters is 1. The van der Waals surface area contributed by atoms with Gasteiger partial charge < -0.3 is 14.2 Å². The van der Waals surface area contributed by atoms with E-state index in [4.69, 9.17) is 14.2 Å². The van der Waals surface area contributed by atoms with Crippen molar-refractivity contribution in [2.24, 2.45) is 5.92 Å². The Bertz CT molecular complexity index is 922. The molecule has 0 radical (unpaired) electrons. The summed E-state index contributed by atoms with van der Waals surface area (Å²) < 4.78 is 17.5. The summed E-state index contributed by atoms with van der Waals surface area (Å²) in [4.78, 5) is 40.6. The van der Waals surface area contributed by atoms with Gasteiger partial charge in [-0.2, -0.15) is 0 Å². The molecule has 0 heterocycles. The van der Waals surface area contributed by atoms with Gasteiger partial charge in [-0.3, -0.25) is 4.79 Å². The van der Waals surface area contributed by atoms with Gasteiger partial charge >= 0.3 is 12.1 Å². The molecule has 1 aliphatic carbocycles. The SMILES string of the molecule is CC[C@@](OCc1ccccc1)(C(=O)OCC[Si](C)(C)C)N(NC(=O)OC(C)(C)C)C(=O)CCC1CCCCC1. The molecule has 0 aromatic heterocycles. The molecule has 39 heavy (non-hydrogen) atoms. The number of ether oxygens (including phenoxy) is 3. The summed E-state index contributed by atoms with van der Waals surface area (Å²) >= 11 is 0. The van der Waals surface area contributed by atoms with Crippen LogP contribution in [0.1, 0.15) is 84.6 Å². The Hall–Kier alpha value is -2.39. The van der Waals surface area contributed by atoms with Crippen molar-refractivity contribution in [1.82, 2.24) is 10.4 Å². The summed E-state index contributed by atoms with van der Waals surface area (Å²) in [5, 5.41) is 1.05. The van der Waals surface area contributed by atoms with Gasteiger partial charge in [0.25, 0.3) is 5.72 Å². The highest BCUT2D eigenvalue weighted by atomic mass is 28.3. The summed E-state index contributed by atoms with van der Waals surface area (Å²) in [5.41, 5.74) is 0.768. The van der Waals surface area contributed by atoms with Crippen LogP contribution in [0.3, 0.4) is 0 Å². The van der Waals surface area contributed by atoms with E-state index < -0.39 is 37.4 Å². The largest absolute Gasteiger partial charge is 0.462 e. The van der Waals surface area contributed by atoms with Crippen molar-refractivity contribution in [3.63, 3.8) is 0 Å². The standard InChI is InChI=1S/C30H50N2O6Si/c1-8-30(27(34)36-21-22-39(5,6)7,37-23-25-17-13-10-14-18-25)32(31-28(35)38-29(2,3)4)26(33)20-19-24-15-11-9-12-16-24/h10,13-14,17-18,24H,8-9,11-12,15-16,19-23H2,1-7H3,(H,31,35)/t30-/m1/s1. The van der Waals surface area contributed by atoms with Crippen molar-refractivity contribution in [3.05, 3.63) is 35.9 Å². The van der Waals surface area contributed by atoms with Gasteiger partial charge in [0.2, 0.25) is 5.91 Å². The smallest absolute Gasteiger partial charge is 0.426 e. The quantitative estimate of drug-likeness (QED) is 0.130.